The Labute approximate surface area is 136 Å². The van der Waals surface area contributed by atoms with Crippen LogP contribution in [-0.4, -0.2) is 42.4 Å². The highest BCUT2D eigenvalue weighted by Crippen LogP contribution is 2.24. The molecule has 1 aliphatic rings. The summed E-state index contributed by atoms with van der Waals surface area (Å²) in [5, 5.41) is 5.76. The van der Waals surface area contributed by atoms with E-state index in [2.05, 4.69) is 10.6 Å². The molecular formula is C17H24FN3O2. The first kappa shape index (κ1) is 17.4. The van der Waals surface area contributed by atoms with Gasteiger partial charge >= 0.3 is 0 Å². The van der Waals surface area contributed by atoms with Gasteiger partial charge in [0.1, 0.15) is 11.9 Å². The highest BCUT2D eigenvalue weighted by Gasteiger charge is 2.31. The van der Waals surface area contributed by atoms with Gasteiger partial charge in [-0.3, -0.25) is 14.5 Å². The van der Waals surface area contributed by atoms with Crippen molar-refractivity contribution in [3.05, 3.63) is 35.6 Å². The van der Waals surface area contributed by atoms with Crippen molar-refractivity contribution in [2.24, 2.45) is 0 Å². The lowest BCUT2D eigenvalue weighted by Crippen LogP contribution is -2.45. The van der Waals surface area contributed by atoms with Crippen LogP contribution in [0.15, 0.2) is 24.3 Å². The number of benzene rings is 1. The molecule has 0 aliphatic heterocycles. The van der Waals surface area contributed by atoms with Crippen LogP contribution in [0, 0.1) is 5.82 Å². The van der Waals surface area contributed by atoms with E-state index in [1.165, 1.54) is 12.1 Å². The van der Waals surface area contributed by atoms with Gasteiger partial charge in [0.2, 0.25) is 11.8 Å². The van der Waals surface area contributed by atoms with Crippen molar-refractivity contribution in [3.63, 3.8) is 0 Å². The number of rotatable bonds is 7. The van der Waals surface area contributed by atoms with Crippen molar-refractivity contribution in [2.45, 2.75) is 44.8 Å². The zero-order valence-electron chi connectivity index (χ0n) is 13.8. The third-order valence-corrected chi connectivity index (χ3v) is 3.64. The lowest BCUT2D eigenvalue weighted by Gasteiger charge is -2.27. The summed E-state index contributed by atoms with van der Waals surface area (Å²) in [7, 11) is 1.72. The monoisotopic (exact) mass is 321 g/mol. The molecule has 1 atom stereocenters. The van der Waals surface area contributed by atoms with Crippen molar-refractivity contribution in [3.8, 4) is 0 Å². The van der Waals surface area contributed by atoms with E-state index in [-0.39, 0.29) is 36.3 Å². The maximum absolute atomic E-state index is 13.1. The molecule has 23 heavy (non-hydrogen) atoms. The van der Waals surface area contributed by atoms with Crippen molar-refractivity contribution >= 4 is 11.8 Å². The number of hydrogen-bond acceptors (Lipinski definition) is 3. The van der Waals surface area contributed by atoms with E-state index in [4.69, 9.17) is 0 Å². The molecule has 0 bridgehead atoms. The molecule has 1 unspecified atom stereocenters. The predicted octanol–water partition coefficient (Wildman–Crippen LogP) is 1.60. The van der Waals surface area contributed by atoms with Gasteiger partial charge in [0.05, 0.1) is 6.54 Å². The topological polar surface area (TPSA) is 61.4 Å². The van der Waals surface area contributed by atoms with Crippen LogP contribution in [-0.2, 0) is 9.59 Å². The van der Waals surface area contributed by atoms with Crippen molar-refractivity contribution in [1.29, 1.82) is 0 Å². The number of halogens is 1. The number of hydrogen-bond donors (Lipinski definition) is 2. The van der Waals surface area contributed by atoms with Gasteiger partial charge in [0.25, 0.3) is 0 Å². The van der Waals surface area contributed by atoms with Crippen molar-refractivity contribution in [2.75, 3.05) is 13.6 Å². The molecule has 0 saturated heterocycles. The van der Waals surface area contributed by atoms with E-state index in [0.717, 1.165) is 12.8 Å². The van der Waals surface area contributed by atoms with Crippen LogP contribution in [0.4, 0.5) is 4.39 Å². The summed E-state index contributed by atoms with van der Waals surface area (Å²) < 4.78 is 13.1. The summed E-state index contributed by atoms with van der Waals surface area (Å²) in [4.78, 5) is 26.2. The second-order valence-corrected chi connectivity index (χ2v) is 6.37. The molecule has 5 nitrogen and oxygen atoms in total. The first-order chi connectivity index (χ1) is 10.9. The van der Waals surface area contributed by atoms with Gasteiger partial charge in [-0.15, -0.1) is 0 Å². The zero-order valence-corrected chi connectivity index (χ0v) is 13.8. The van der Waals surface area contributed by atoms with Crippen LogP contribution < -0.4 is 10.6 Å². The highest BCUT2D eigenvalue weighted by molar-refractivity contribution is 5.85. The molecule has 2 N–H and O–H groups in total. The summed E-state index contributed by atoms with van der Waals surface area (Å²) in [6.07, 6.45) is 1.97. The Bertz CT molecular complexity index is 555. The van der Waals surface area contributed by atoms with Crippen LogP contribution in [0.1, 0.15) is 38.3 Å². The van der Waals surface area contributed by atoms with Crippen LogP contribution in [0.2, 0.25) is 0 Å². The van der Waals surface area contributed by atoms with Crippen molar-refractivity contribution < 1.29 is 14.0 Å². The summed E-state index contributed by atoms with van der Waals surface area (Å²) in [6, 6.07) is 5.48. The summed E-state index contributed by atoms with van der Waals surface area (Å²) in [5.41, 5.74) is 0.671. The Morgan fingerprint density at radius 2 is 1.87 bits per heavy atom. The Kier molecular flexibility index (Phi) is 5.71. The Morgan fingerprint density at radius 3 is 2.39 bits per heavy atom. The zero-order chi connectivity index (χ0) is 17.0. The second-order valence-electron chi connectivity index (χ2n) is 6.37. The van der Waals surface area contributed by atoms with Gasteiger partial charge in [0.15, 0.2) is 0 Å². The van der Waals surface area contributed by atoms with Crippen LogP contribution in [0.25, 0.3) is 0 Å². The molecule has 2 amide bonds. The number of nitrogens with one attached hydrogen (secondary N) is 2. The van der Waals surface area contributed by atoms with Crippen LogP contribution in [0.5, 0.6) is 0 Å². The van der Waals surface area contributed by atoms with Gasteiger partial charge in [-0.25, -0.2) is 4.39 Å². The van der Waals surface area contributed by atoms with Gasteiger partial charge in [0, 0.05) is 12.1 Å². The Morgan fingerprint density at radius 1 is 1.26 bits per heavy atom. The molecule has 0 radical (unpaired) electrons. The lowest BCUT2D eigenvalue weighted by molar-refractivity contribution is -0.128. The van der Waals surface area contributed by atoms with E-state index in [9.17, 15) is 14.0 Å². The fourth-order valence-electron chi connectivity index (χ4n) is 2.44. The normalized spacial score (nSPS) is 15.6. The van der Waals surface area contributed by atoms with Gasteiger partial charge in [-0.1, -0.05) is 12.1 Å². The minimum Gasteiger partial charge on any atom is -0.353 e. The molecule has 1 aromatic carbocycles. The van der Waals surface area contributed by atoms with E-state index >= 15 is 0 Å². The van der Waals surface area contributed by atoms with Gasteiger partial charge in [-0.05, 0) is 51.4 Å². The van der Waals surface area contributed by atoms with Crippen LogP contribution in [0.3, 0.4) is 0 Å². The molecule has 1 saturated carbocycles. The van der Waals surface area contributed by atoms with E-state index in [1.54, 1.807) is 24.1 Å². The predicted molar refractivity (Wildman–Crippen MR) is 86.2 cm³/mol. The minimum absolute atomic E-state index is 0.0421. The minimum atomic E-state index is -0.617. The maximum atomic E-state index is 13.1. The fourth-order valence-corrected chi connectivity index (χ4v) is 2.44. The first-order valence-electron chi connectivity index (χ1n) is 7.92. The third kappa shape index (κ3) is 5.32. The standard InChI is InChI=1S/C17H24FN3O2/c1-11(2)19-15(22)10-21(3)16(17(23)20-14-8-9-14)12-4-6-13(18)7-5-12/h4-7,11,14,16H,8-10H2,1-3H3,(H,19,22)(H,20,23). The molecule has 1 aromatic rings. The lowest BCUT2D eigenvalue weighted by atomic mass is 10.0. The summed E-state index contributed by atoms with van der Waals surface area (Å²) in [6.45, 7) is 3.86. The molecule has 126 valence electrons. The molecule has 6 heteroatoms. The average molecular weight is 321 g/mol. The number of amides is 2. The number of likely N-dealkylation sites (N-methyl/N-ethyl adjacent to an activating group) is 1. The van der Waals surface area contributed by atoms with Gasteiger partial charge in [-0.2, -0.15) is 0 Å². The molecular weight excluding hydrogens is 297 g/mol. The van der Waals surface area contributed by atoms with Crippen LogP contribution >= 0.6 is 0 Å². The van der Waals surface area contributed by atoms with E-state index in [1.807, 2.05) is 13.8 Å². The smallest absolute Gasteiger partial charge is 0.242 e. The third-order valence-electron chi connectivity index (χ3n) is 3.64. The number of nitrogens with zero attached hydrogens (tertiary/aromatic N) is 1. The highest BCUT2D eigenvalue weighted by atomic mass is 19.1. The molecule has 0 spiro atoms. The number of carbonyl (C=O) groups excluding carboxylic acids is 2. The summed E-state index contributed by atoms with van der Waals surface area (Å²) >= 11 is 0. The largest absolute Gasteiger partial charge is 0.353 e. The van der Waals surface area contributed by atoms with E-state index in [0.29, 0.717) is 5.56 Å². The molecule has 0 aromatic heterocycles. The molecule has 1 aliphatic carbocycles. The summed E-state index contributed by atoms with van der Waals surface area (Å²) in [5.74, 6) is -0.650. The maximum Gasteiger partial charge on any atom is 0.242 e. The molecule has 2 rings (SSSR count). The quantitative estimate of drug-likeness (QED) is 0.802. The SMILES string of the molecule is CC(C)NC(=O)CN(C)C(C(=O)NC1CC1)c1ccc(F)cc1. The Balaban J connectivity index is 2.12. The molecule has 1 fully saturated rings. The fraction of sp³-hybridized carbons (Fsp3) is 0.529. The second kappa shape index (κ2) is 7.55. The number of carbonyl (C=O) groups is 2. The van der Waals surface area contributed by atoms with Crippen molar-refractivity contribution in [1.82, 2.24) is 15.5 Å². The Hall–Kier alpha value is -1.95. The first-order valence-corrected chi connectivity index (χ1v) is 7.92. The average Bonchev–Trinajstić information content (AvgIpc) is 3.24. The van der Waals surface area contributed by atoms with E-state index < -0.39 is 6.04 Å². The van der Waals surface area contributed by atoms with Gasteiger partial charge < -0.3 is 10.6 Å². The molecule has 0 heterocycles.